The third-order valence-corrected chi connectivity index (χ3v) is 6.97. The Morgan fingerprint density at radius 2 is 1.86 bits per heavy atom. The second-order valence-corrected chi connectivity index (χ2v) is 11.2. The zero-order valence-corrected chi connectivity index (χ0v) is 22.4. The highest BCUT2D eigenvalue weighted by Crippen LogP contribution is 2.37. The monoisotopic (exact) mass is 498 g/mol. The Bertz CT molecular complexity index is 1450. The minimum Gasteiger partial charge on any atom is -0.495 e. The van der Waals surface area contributed by atoms with E-state index in [4.69, 9.17) is 4.74 Å². The SMILES string of the molecule is COc1cc(-c2cn(C3(C)CCc4ccccc4N(CC(C)(C)C)C3=O)nn2)ccc1-n1cnc(C)c1. The first-order valence-electron chi connectivity index (χ1n) is 12.6. The Hall–Kier alpha value is -3.94. The van der Waals surface area contributed by atoms with E-state index in [-0.39, 0.29) is 11.3 Å². The van der Waals surface area contributed by atoms with Gasteiger partial charge in [0.1, 0.15) is 17.0 Å². The van der Waals surface area contributed by atoms with E-state index in [0.717, 1.165) is 29.1 Å². The van der Waals surface area contributed by atoms with Crippen LogP contribution in [-0.2, 0) is 16.8 Å². The lowest BCUT2D eigenvalue weighted by atomic mass is 9.92. The molecule has 0 fully saturated rings. The summed E-state index contributed by atoms with van der Waals surface area (Å²) < 4.78 is 9.35. The van der Waals surface area contributed by atoms with Crippen molar-refractivity contribution >= 4 is 11.6 Å². The summed E-state index contributed by atoms with van der Waals surface area (Å²) in [6.45, 7) is 11.0. The van der Waals surface area contributed by atoms with E-state index in [1.54, 1.807) is 18.1 Å². The summed E-state index contributed by atoms with van der Waals surface area (Å²) in [6.07, 6.45) is 7.01. The van der Waals surface area contributed by atoms with Crippen LogP contribution in [0.25, 0.3) is 16.9 Å². The Morgan fingerprint density at radius 1 is 1.08 bits per heavy atom. The molecule has 0 spiro atoms. The highest BCUT2D eigenvalue weighted by atomic mass is 16.5. The number of imidazole rings is 1. The third kappa shape index (κ3) is 4.63. The van der Waals surface area contributed by atoms with Gasteiger partial charge in [-0.1, -0.05) is 50.3 Å². The van der Waals surface area contributed by atoms with Gasteiger partial charge < -0.3 is 14.2 Å². The fourth-order valence-corrected chi connectivity index (χ4v) is 4.96. The van der Waals surface area contributed by atoms with Gasteiger partial charge in [-0.05, 0) is 55.9 Å². The average Bonchev–Trinajstić information content (AvgIpc) is 3.52. The molecule has 8 heteroatoms. The maximum absolute atomic E-state index is 14.2. The number of amides is 1. The number of carbonyl (C=O) groups excluding carboxylic acids is 1. The number of fused-ring (bicyclic) bond motifs is 1. The molecule has 0 aliphatic carbocycles. The minimum atomic E-state index is -0.867. The van der Waals surface area contributed by atoms with Crippen LogP contribution in [0.2, 0.25) is 0 Å². The second kappa shape index (κ2) is 9.18. The maximum atomic E-state index is 14.2. The standard InChI is InChI=1S/C29H34N6O2/c1-20-16-33(19-30-20)25-12-11-22(15-26(25)37-6)23-17-35(32-31-23)29(5)14-13-21-9-7-8-10-24(21)34(27(29)36)18-28(2,3)4/h7-12,15-17,19H,13-14,18H2,1-6H3. The van der Waals surface area contributed by atoms with Crippen molar-refractivity contribution in [3.8, 4) is 22.7 Å². The molecule has 8 nitrogen and oxygen atoms in total. The first kappa shape index (κ1) is 24.7. The number of hydrogen-bond acceptors (Lipinski definition) is 5. The zero-order chi connectivity index (χ0) is 26.4. The van der Waals surface area contributed by atoms with Crippen molar-refractivity contribution in [2.75, 3.05) is 18.6 Å². The number of methoxy groups -OCH3 is 1. The summed E-state index contributed by atoms with van der Waals surface area (Å²) >= 11 is 0. The van der Waals surface area contributed by atoms with Gasteiger partial charge in [0, 0.05) is 24.0 Å². The summed E-state index contributed by atoms with van der Waals surface area (Å²) in [5.74, 6) is 0.736. The highest BCUT2D eigenvalue weighted by Gasteiger charge is 2.43. The van der Waals surface area contributed by atoms with E-state index in [9.17, 15) is 4.79 Å². The van der Waals surface area contributed by atoms with Crippen LogP contribution in [0.4, 0.5) is 5.69 Å². The van der Waals surface area contributed by atoms with Crippen molar-refractivity contribution in [3.63, 3.8) is 0 Å². The fourth-order valence-electron chi connectivity index (χ4n) is 4.96. The van der Waals surface area contributed by atoms with Crippen LogP contribution < -0.4 is 9.64 Å². The molecule has 0 N–H and O–H groups in total. The van der Waals surface area contributed by atoms with E-state index in [0.29, 0.717) is 24.4 Å². The zero-order valence-electron chi connectivity index (χ0n) is 22.4. The summed E-state index contributed by atoms with van der Waals surface area (Å²) in [4.78, 5) is 20.4. The highest BCUT2D eigenvalue weighted by molar-refractivity contribution is 6.00. The van der Waals surface area contributed by atoms with Gasteiger partial charge in [0.05, 0.1) is 31.0 Å². The van der Waals surface area contributed by atoms with Crippen LogP contribution in [0.5, 0.6) is 5.75 Å². The van der Waals surface area contributed by atoms with Crippen molar-refractivity contribution in [1.29, 1.82) is 0 Å². The van der Waals surface area contributed by atoms with Gasteiger partial charge in [0.25, 0.3) is 5.91 Å². The number of carbonyl (C=O) groups is 1. The molecule has 1 atom stereocenters. The van der Waals surface area contributed by atoms with E-state index in [1.807, 2.05) is 72.1 Å². The fraction of sp³-hybridized carbons (Fsp3) is 0.379. The third-order valence-electron chi connectivity index (χ3n) is 6.97. The first-order valence-corrected chi connectivity index (χ1v) is 12.6. The first-order chi connectivity index (χ1) is 17.6. The molecule has 1 amide bonds. The Morgan fingerprint density at radius 3 is 2.57 bits per heavy atom. The molecule has 37 heavy (non-hydrogen) atoms. The van der Waals surface area contributed by atoms with Gasteiger partial charge in [-0.25, -0.2) is 9.67 Å². The molecule has 0 saturated heterocycles. The number of para-hydroxylation sites is 1. The maximum Gasteiger partial charge on any atom is 0.254 e. The Kier molecular flexibility index (Phi) is 6.14. The van der Waals surface area contributed by atoms with Crippen LogP contribution in [-0.4, -0.2) is 44.1 Å². The molecule has 4 aromatic rings. The molecule has 0 bridgehead atoms. The number of hydrogen-bond donors (Lipinski definition) is 0. The lowest BCUT2D eigenvalue weighted by Gasteiger charge is -2.35. The lowest BCUT2D eigenvalue weighted by Crippen LogP contribution is -2.50. The van der Waals surface area contributed by atoms with Crippen molar-refractivity contribution in [1.82, 2.24) is 24.5 Å². The number of benzene rings is 2. The van der Waals surface area contributed by atoms with Gasteiger partial charge in [0.2, 0.25) is 0 Å². The van der Waals surface area contributed by atoms with E-state index >= 15 is 0 Å². The predicted molar refractivity (Wildman–Crippen MR) is 144 cm³/mol. The molecule has 192 valence electrons. The van der Waals surface area contributed by atoms with Gasteiger partial charge in [-0.15, -0.1) is 5.10 Å². The van der Waals surface area contributed by atoms with Crippen molar-refractivity contribution in [2.24, 2.45) is 5.41 Å². The number of aryl methyl sites for hydroxylation is 2. The van der Waals surface area contributed by atoms with Crippen molar-refractivity contribution < 1.29 is 9.53 Å². The molecule has 1 aliphatic rings. The van der Waals surface area contributed by atoms with Crippen LogP contribution >= 0.6 is 0 Å². The van der Waals surface area contributed by atoms with Crippen molar-refractivity contribution in [3.05, 3.63) is 72.4 Å². The summed E-state index contributed by atoms with van der Waals surface area (Å²) in [7, 11) is 1.65. The van der Waals surface area contributed by atoms with E-state index in [1.165, 1.54) is 5.56 Å². The number of ether oxygens (including phenoxy) is 1. The smallest absolute Gasteiger partial charge is 0.254 e. The van der Waals surface area contributed by atoms with Crippen LogP contribution in [0.15, 0.2) is 61.2 Å². The Balaban J connectivity index is 1.51. The second-order valence-electron chi connectivity index (χ2n) is 11.2. The normalized spacial score (nSPS) is 18.0. The van der Waals surface area contributed by atoms with Gasteiger partial charge >= 0.3 is 0 Å². The molecule has 3 heterocycles. The summed E-state index contributed by atoms with van der Waals surface area (Å²) in [5.41, 5.74) is 4.61. The number of nitrogens with zero attached hydrogens (tertiary/aromatic N) is 6. The van der Waals surface area contributed by atoms with Crippen LogP contribution in [0.1, 0.15) is 45.4 Å². The minimum absolute atomic E-state index is 0.0345. The quantitative estimate of drug-likeness (QED) is 0.378. The molecule has 2 aromatic carbocycles. The number of rotatable bonds is 5. The molecule has 0 radical (unpaired) electrons. The molecule has 0 saturated carbocycles. The molecule has 1 unspecified atom stereocenters. The van der Waals surface area contributed by atoms with E-state index in [2.05, 4.69) is 42.1 Å². The van der Waals surface area contributed by atoms with Crippen LogP contribution in [0, 0.1) is 12.3 Å². The van der Waals surface area contributed by atoms with E-state index < -0.39 is 5.54 Å². The predicted octanol–water partition coefficient (Wildman–Crippen LogP) is 5.19. The van der Waals surface area contributed by atoms with Gasteiger partial charge in [0.15, 0.2) is 0 Å². The van der Waals surface area contributed by atoms with Crippen molar-refractivity contribution in [2.45, 2.75) is 53.0 Å². The Labute approximate surface area is 217 Å². The number of aromatic nitrogens is 5. The molecule has 2 aromatic heterocycles. The molecular formula is C29H34N6O2. The largest absolute Gasteiger partial charge is 0.495 e. The summed E-state index contributed by atoms with van der Waals surface area (Å²) in [5, 5.41) is 8.95. The number of anilines is 1. The molecule has 5 rings (SSSR count). The topological polar surface area (TPSA) is 78.1 Å². The molecular weight excluding hydrogens is 464 g/mol. The average molecular weight is 499 g/mol. The molecule has 1 aliphatic heterocycles. The summed E-state index contributed by atoms with van der Waals surface area (Å²) in [6, 6.07) is 14.1. The lowest BCUT2D eigenvalue weighted by molar-refractivity contribution is -0.127. The van der Waals surface area contributed by atoms with Gasteiger partial charge in [-0.2, -0.15) is 0 Å². The van der Waals surface area contributed by atoms with Crippen LogP contribution in [0.3, 0.4) is 0 Å². The van der Waals surface area contributed by atoms with Gasteiger partial charge in [-0.3, -0.25) is 4.79 Å².